The highest BCUT2D eigenvalue weighted by molar-refractivity contribution is 7.15. The van der Waals surface area contributed by atoms with Crippen molar-refractivity contribution in [2.24, 2.45) is 0 Å². The molecular formula is C11H16N4OS. The largest absolute Gasteiger partial charge is 0.375 e. The van der Waals surface area contributed by atoms with Crippen LogP contribution in [0.15, 0.2) is 10.7 Å². The van der Waals surface area contributed by atoms with E-state index in [1.807, 2.05) is 20.0 Å². The molecule has 0 saturated heterocycles. The first-order valence-electron chi connectivity index (χ1n) is 5.49. The minimum atomic E-state index is 0.618. The van der Waals surface area contributed by atoms with Gasteiger partial charge in [-0.25, -0.2) is 4.98 Å². The molecule has 3 N–H and O–H groups in total. The minimum absolute atomic E-state index is 0.618. The molecule has 92 valence electrons. The highest BCUT2D eigenvalue weighted by Gasteiger charge is 2.07. The normalized spacial score (nSPS) is 10.9. The van der Waals surface area contributed by atoms with Crippen molar-refractivity contribution < 1.29 is 4.52 Å². The van der Waals surface area contributed by atoms with E-state index in [0.29, 0.717) is 5.13 Å². The van der Waals surface area contributed by atoms with Crippen molar-refractivity contribution >= 4 is 16.5 Å². The Morgan fingerprint density at radius 1 is 1.47 bits per heavy atom. The smallest absolute Gasteiger partial charge is 0.180 e. The fourth-order valence-electron chi connectivity index (χ4n) is 1.69. The minimum Gasteiger partial charge on any atom is -0.375 e. The molecule has 0 atom stereocenters. The molecule has 6 heteroatoms. The molecule has 17 heavy (non-hydrogen) atoms. The molecule has 5 nitrogen and oxygen atoms in total. The maximum absolute atomic E-state index is 5.56. The number of rotatable bonds is 5. The summed E-state index contributed by atoms with van der Waals surface area (Å²) in [6, 6.07) is 0. The second-order valence-corrected chi connectivity index (χ2v) is 5.04. The summed E-state index contributed by atoms with van der Waals surface area (Å²) in [6.45, 7) is 5.61. The molecule has 0 aromatic carbocycles. The second-order valence-electron chi connectivity index (χ2n) is 3.89. The van der Waals surface area contributed by atoms with Crippen LogP contribution in [0.3, 0.4) is 0 Å². The van der Waals surface area contributed by atoms with Crippen LogP contribution in [0.1, 0.15) is 21.9 Å². The first-order chi connectivity index (χ1) is 8.16. The summed E-state index contributed by atoms with van der Waals surface area (Å²) in [6.07, 6.45) is 2.73. The lowest BCUT2D eigenvalue weighted by atomic mass is 10.1. The molecule has 0 amide bonds. The molecule has 0 fully saturated rings. The van der Waals surface area contributed by atoms with Gasteiger partial charge in [0.2, 0.25) is 0 Å². The molecule has 2 aromatic heterocycles. The third-order valence-corrected chi connectivity index (χ3v) is 3.43. The summed E-state index contributed by atoms with van der Waals surface area (Å²) in [5, 5.41) is 7.90. The average molecular weight is 252 g/mol. The Kier molecular flexibility index (Phi) is 3.75. The van der Waals surface area contributed by atoms with Crippen LogP contribution in [0.4, 0.5) is 5.13 Å². The summed E-state index contributed by atoms with van der Waals surface area (Å²) in [4.78, 5) is 5.16. The van der Waals surface area contributed by atoms with E-state index in [2.05, 4.69) is 15.5 Å². The molecule has 0 aliphatic rings. The van der Waals surface area contributed by atoms with Gasteiger partial charge in [0.05, 0.1) is 5.69 Å². The second kappa shape index (κ2) is 5.29. The third-order valence-electron chi connectivity index (χ3n) is 2.60. The lowest BCUT2D eigenvalue weighted by Gasteiger charge is -2.02. The van der Waals surface area contributed by atoms with Crippen molar-refractivity contribution in [3.8, 4) is 0 Å². The molecule has 0 radical (unpaired) electrons. The maximum Gasteiger partial charge on any atom is 0.180 e. The van der Waals surface area contributed by atoms with E-state index in [1.54, 1.807) is 0 Å². The summed E-state index contributed by atoms with van der Waals surface area (Å²) >= 11 is 1.52. The number of nitrogens with zero attached hydrogens (tertiary/aromatic N) is 2. The number of aryl methyl sites for hydroxylation is 2. The van der Waals surface area contributed by atoms with E-state index in [0.717, 1.165) is 35.8 Å². The van der Waals surface area contributed by atoms with Crippen molar-refractivity contribution in [2.45, 2.75) is 26.8 Å². The first kappa shape index (κ1) is 12.1. The summed E-state index contributed by atoms with van der Waals surface area (Å²) in [5.74, 6) is 0.909. The summed E-state index contributed by atoms with van der Waals surface area (Å²) in [7, 11) is 0. The molecule has 0 aliphatic carbocycles. The van der Waals surface area contributed by atoms with Crippen LogP contribution in [0.2, 0.25) is 0 Å². The number of hydrogen-bond donors (Lipinski definition) is 2. The molecule has 0 unspecified atom stereocenters. The molecule has 2 aromatic rings. The van der Waals surface area contributed by atoms with Gasteiger partial charge in [0.25, 0.3) is 0 Å². The Bertz CT molecular complexity index is 472. The van der Waals surface area contributed by atoms with Crippen molar-refractivity contribution in [2.75, 3.05) is 12.3 Å². The molecule has 0 bridgehead atoms. The lowest BCUT2D eigenvalue weighted by Crippen LogP contribution is -2.16. The number of nitrogens with one attached hydrogen (secondary N) is 1. The van der Waals surface area contributed by atoms with E-state index < -0.39 is 0 Å². The lowest BCUT2D eigenvalue weighted by molar-refractivity contribution is 0.392. The highest BCUT2D eigenvalue weighted by atomic mass is 32.1. The fraction of sp³-hybridized carbons (Fsp3) is 0.455. The van der Waals surface area contributed by atoms with Crippen molar-refractivity contribution in [1.82, 2.24) is 15.5 Å². The number of nitrogens with two attached hydrogens (primary N) is 1. The Morgan fingerprint density at radius 3 is 2.88 bits per heavy atom. The third kappa shape index (κ3) is 3.04. The SMILES string of the molecule is Cc1noc(C)c1CCNCc1cnc(N)s1. The predicted octanol–water partition coefficient (Wildman–Crippen LogP) is 1.66. The molecule has 0 saturated carbocycles. The van der Waals surface area contributed by atoms with Gasteiger partial charge in [0.15, 0.2) is 5.13 Å². The van der Waals surface area contributed by atoms with E-state index in [4.69, 9.17) is 10.3 Å². The standard InChI is InChI=1S/C11H16N4OS/c1-7-10(8(2)16-15-7)3-4-13-5-9-6-14-11(12)17-9/h6,13H,3-5H2,1-2H3,(H2,12,14). The van der Waals surface area contributed by atoms with Gasteiger partial charge in [0.1, 0.15) is 5.76 Å². The number of anilines is 1. The van der Waals surface area contributed by atoms with Crippen molar-refractivity contribution in [3.63, 3.8) is 0 Å². The van der Waals surface area contributed by atoms with Crippen LogP contribution in [-0.4, -0.2) is 16.7 Å². The van der Waals surface area contributed by atoms with Crippen LogP contribution in [0.5, 0.6) is 0 Å². The highest BCUT2D eigenvalue weighted by Crippen LogP contribution is 2.14. The monoisotopic (exact) mass is 252 g/mol. The van der Waals surface area contributed by atoms with Crippen LogP contribution < -0.4 is 11.1 Å². The maximum atomic E-state index is 5.56. The molecule has 2 rings (SSSR count). The van der Waals surface area contributed by atoms with Gasteiger partial charge in [-0.1, -0.05) is 5.16 Å². The van der Waals surface area contributed by atoms with Crippen LogP contribution in [0.25, 0.3) is 0 Å². The van der Waals surface area contributed by atoms with Crippen LogP contribution in [-0.2, 0) is 13.0 Å². The predicted molar refractivity (Wildman–Crippen MR) is 67.9 cm³/mol. The Balaban J connectivity index is 1.77. The zero-order valence-corrected chi connectivity index (χ0v) is 10.8. The number of thiazole rings is 1. The van der Waals surface area contributed by atoms with Gasteiger partial charge < -0.3 is 15.6 Å². The van der Waals surface area contributed by atoms with Crippen molar-refractivity contribution in [1.29, 1.82) is 0 Å². The molecule has 0 spiro atoms. The zero-order chi connectivity index (χ0) is 12.3. The van der Waals surface area contributed by atoms with Gasteiger partial charge in [-0.2, -0.15) is 0 Å². The Morgan fingerprint density at radius 2 is 2.29 bits per heavy atom. The van der Waals surface area contributed by atoms with Crippen molar-refractivity contribution in [3.05, 3.63) is 28.1 Å². The molecule has 0 aliphatic heterocycles. The Hall–Kier alpha value is -1.40. The number of nitrogen functional groups attached to an aromatic ring is 1. The topological polar surface area (TPSA) is 77.0 Å². The Labute approximate surface area is 104 Å². The number of hydrogen-bond acceptors (Lipinski definition) is 6. The van der Waals surface area contributed by atoms with E-state index >= 15 is 0 Å². The van der Waals surface area contributed by atoms with E-state index in [-0.39, 0.29) is 0 Å². The van der Waals surface area contributed by atoms with Gasteiger partial charge in [-0.15, -0.1) is 11.3 Å². The van der Waals surface area contributed by atoms with Gasteiger partial charge in [0, 0.05) is 23.2 Å². The molecular weight excluding hydrogens is 236 g/mol. The molecule has 2 heterocycles. The van der Waals surface area contributed by atoms with Gasteiger partial charge in [-0.05, 0) is 26.8 Å². The van der Waals surface area contributed by atoms with Crippen LogP contribution >= 0.6 is 11.3 Å². The van der Waals surface area contributed by atoms with E-state index in [9.17, 15) is 0 Å². The van der Waals surface area contributed by atoms with Gasteiger partial charge in [-0.3, -0.25) is 0 Å². The van der Waals surface area contributed by atoms with Crippen LogP contribution in [0, 0.1) is 13.8 Å². The zero-order valence-electron chi connectivity index (χ0n) is 9.99. The number of aromatic nitrogens is 2. The summed E-state index contributed by atoms with van der Waals surface area (Å²) < 4.78 is 5.11. The van der Waals surface area contributed by atoms with Gasteiger partial charge >= 0.3 is 0 Å². The van der Waals surface area contributed by atoms with E-state index in [1.165, 1.54) is 16.9 Å². The average Bonchev–Trinajstić information content (AvgIpc) is 2.83. The fourth-order valence-corrected chi connectivity index (χ4v) is 2.34. The quantitative estimate of drug-likeness (QED) is 0.791. The first-order valence-corrected chi connectivity index (χ1v) is 6.31. The summed E-state index contributed by atoms with van der Waals surface area (Å²) in [5.41, 5.74) is 7.73.